The van der Waals surface area contributed by atoms with E-state index >= 15 is 0 Å². The van der Waals surface area contributed by atoms with Crippen molar-refractivity contribution in [1.82, 2.24) is 9.97 Å². The van der Waals surface area contributed by atoms with Crippen molar-refractivity contribution in [3.05, 3.63) is 46.9 Å². The van der Waals surface area contributed by atoms with Crippen LogP contribution in [0.5, 0.6) is 0 Å². The van der Waals surface area contributed by atoms with Gasteiger partial charge in [0.25, 0.3) is 0 Å². The summed E-state index contributed by atoms with van der Waals surface area (Å²) in [6, 6.07) is 6.26. The molecule has 3 nitrogen and oxygen atoms in total. The Labute approximate surface area is 108 Å². The molecule has 2 aromatic rings. The van der Waals surface area contributed by atoms with Gasteiger partial charge in [0, 0.05) is 18.2 Å². The highest BCUT2D eigenvalue weighted by Crippen LogP contribution is 2.24. The third kappa shape index (κ3) is 2.57. The van der Waals surface area contributed by atoms with Crippen molar-refractivity contribution in [3.63, 3.8) is 0 Å². The minimum absolute atomic E-state index is 0.0787. The molecule has 1 heterocycles. The molecule has 94 valence electrons. The summed E-state index contributed by atoms with van der Waals surface area (Å²) in [4.78, 5) is 8.65. The second-order valence-electron chi connectivity index (χ2n) is 4.58. The van der Waals surface area contributed by atoms with Crippen LogP contribution in [0.15, 0.2) is 24.4 Å². The molecule has 0 radical (unpaired) electrons. The minimum atomic E-state index is 0.0787. The number of hydrogen-bond acceptors (Lipinski definition) is 3. The van der Waals surface area contributed by atoms with Gasteiger partial charge in [-0.05, 0) is 49.6 Å². The van der Waals surface area contributed by atoms with Crippen molar-refractivity contribution in [2.45, 2.75) is 27.2 Å². The number of aliphatic hydroxyl groups is 1. The third-order valence-corrected chi connectivity index (χ3v) is 3.16. The van der Waals surface area contributed by atoms with Crippen molar-refractivity contribution < 1.29 is 5.11 Å². The zero-order chi connectivity index (χ0) is 13.1. The molecule has 18 heavy (non-hydrogen) atoms. The summed E-state index contributed by atoms with van der Waals surface area (Å²) in [5, 5.41) is 8.94. The summed E-state index contributed by atoms with van der Waals surface area (Å²) in [5.41, 5.74) is 5.83. The molecular formula is C15H18N2O. The SMILES string of the molecule is Cc1cc(C)c(-c2ccnc(CCO)n2)cc1C. The Morgan fingerprint density at radius 3 is 2.50 bits per heavy atom. The lowest BCUT2D eigenvalue weighted by molar-refractivity contribution is 0.296. The van der Waals surface area contributed by atoms with Gasteiger partial charge < -0.3 is 5.11 Å². The Morgan fingerprint density at radius 1 is 1.06 bits per heavy atom. The Balaban J connectivity index is 2.48. The summed E-state index contributed by atoms with van der Waals surface area (Å²) in [6.07, 6.45) is 2.25. The summed E-state index contributed by atoms with van der Waals surface area (Å²) >= 11 is 0. The Morgan fingerprint density at radius 2 is 1.78 bits per heavy atom. The molecule has 1 aromatic carbocycles. The average Bonchev–Trinajstić information content (AvgIpc) is 2.34. The fraction of sp³-hybridized carbons (Fsp3) is 0.333. The van der Waals surface area contributed by atoms with Crippen LogP contribution >= 0.6 is 0 Å². The van der Waals surface area contributed by atoms with Crippen LogP contribution in [0.4, 0.5) is 0 Å². The van der Waals surface area contributed by atoms with Crippen LogP contribution in [0.2, 0.25) is 0 Å². The first-order valence-electron chi connectivity index (χ1n) is 6.13. The minimum Gasteiger partial charge on any atom is -0.396 e. The van der Waals surface area contributed by atoms with E-state index in [0.717, 1.165) is 11.3 Å². The number of aryl methyl sites for hydroxylation is 3. The highest BCUT2D eigenvalue weighted by molar-refractivity contribution is 5.65. The molecule has 0 aliphatic heterocycles. The second-order valence-corrected chi connectivity index (χ2v) is 4.58. The van der Waals surface area contributed by atoms with Gasteiger partial charge in [-0.3, -0.25) is 0 Å². The van der Waals surface area contributed by atoms with Gasteiger partial charge >= 0.3 is 0 Å². The van der Waals surface area contributed by atoms with E-state index in [-0.39, 0.29) is 6.61 Å². The Kier molecular flexibility index (Phi) is 3.72. The van der Waals surface area contributed by atoms with Gasteiger partial charge in [0.1, 0.15) is 5.82 Å². The van der Waals surface area contributed by atoms with Crippen LogP contribution in [-0.4, -0.2) is 21.7 Å². The molecule has 0 fully saturated rings. The topological polar surface area (TPSA) is 46.0 Å². The average molecular weight is 242 g/mol. The molecule has 0 bridgehead atoms. The van der Waals surface area contributed by atoms with Crippen LogP contribution in [0, 0.1) is 20.8 Å². The van der Waals surface area contributed by atoms with Crippen LogP contribution in [0.3, 0.4) is 0 Å². The van der Waals surface area contributed by atoms with Crippen LogP contribution in [-0.2, 0) is 6.42 Å². The van der Waals surface area contributed by atoms with Gasteiger partial charge in [-0.15, -0.1) is 0 Å². The maximum atomic E-state index is 8.94. The number of nitrogens with zero attached hydrogens (tertiary/aromatic N) is 2. The Bertz CT molecular complexity index is 564. The molecule has 0 aliphatic carbocycles. The molecular weight excluding hydrogens is 224 g/mol. The first kappa shape index (κ1) is 12.7. The van der Waals surface area contributed by atoms with Gasteiger partial charge in [0.15, 0.2) is 0 Å². The van der Waals surface area contributed by atoms with E-state index in [9.17, 15) is 0 Å². The lowest BCUT2D eigenvalue weighted by atomic mass is 9.98. The summed E-state index contributed by atoms with van der Waals surface area (Å²) in [5.74, 6) is 0.688. The largest absolute Gasteiger partial charge is 0.396 e. The van der Waals surface area contributed by atoms with Crippen LogP contribution < -0.4 is 0 Å². The normalized spacial score (nSPS) is 10.7. The standard InChI is InChI=1S/C15H18N2O/c1-10-8-12(3)13(9-11(10)2)14-4-6-16-15(17-14)5-7-18/h4,6,8-9,18H,5,7H2,1-3H3. The highest BCUT2D eigenvalue weighted by atomic mass is 16.3. The number of aromatic nitrogens is 2. The monoisotopic (exact) mass is 242 g/mol. The van der Waals surface area contributed by atoms with E-state index < -0.39 is 0 Å². The molecule has 3 heteroatoms. The lowest BCUT2D eigenvalue weighted by Crippen LogP contribution is -2.00. The third-order valence-electron chi connectivity index (χ3n) is 3.16. The van der Waals surface area contributed by atoms with E-state index in [1.165, 1.54) is 16.7 Å². The van der Waals surface area contributed by atoms with Crippen molar-refractivity contribution >= 4 is 0 Å². The van der Waals surface area contributed by atoms with E-state index in [4.69, 9.17) is 5.11 Å². The smallest absolute Gasteiger partial charge is 0.131 e. The predicted octanol–water partition coefficient (Wildman–Crippen LogP) is 2.60. The zero-order valence-electron chi connectivity index (χ0n) is 11.1. The van der Waals surface area contributed by atoms with Crippen molar-refractivity contribution in [1.29, 1.82) is 0 Å². The lowest BCUT2D eigenvalue weighted by Gasteiger charge is -2.10. The van der Waals surface area contributed by atoms with Crippen molar-refractivity contribution in [2.75, 3.05) is 6.61 Å². The molecule has 1 N–H and O–H groups in total. The maximum absolute atomic E-state index is 8.94. The van der Waals surface area contributed by atoms with Gasteiger partial charge in [0.05, 0.1) is 12.3 Å². The van der Waals surface area contributed by atoms with Crippen molar-refractivity contribution in [3.8, 4) is 11.3 Å². The molecule has 2 rings (SSSR count). The van der Waals surface area contributed by atoms with Crippen molar-refractivity contribution in [2.24, 2.45) is 0 Å². The van der Waals surface area contributed by atoms with Gasteiger partial charge in [0.2, 0.25) is 0 Å². The van der Waals surface area contributed by atoms with E-state index in [2.05, 4.69) is 42.9 Å². The van der Waals surface area contributed by atoms with Crippen LogP contribution in [0.1, 0.15) is 22.5 Å². The quantitative estimate of drug-likeness (QED) is 0.900. The second kappa shape index (κ2) is 5.27. The van der Waals surface area contributed by atoms with E-state index in [1.54, 1.807) is 6.20 Å². The predicted molar refractivity (Wildman–Crippen MR) is 72.5 cm³/mol. The van der Waals surface area contributed by atoms with E-state index in [0.29, 0.717) is 12.2 Å². The zero-order valence-corrected chi connectivity index (χ0v) is 11.1. The fourth-order valence-corrected chi connectivity index (χ4v) is 2.01. The van der Waals surface area contributed by atoms with E-state index in [1.807, 2.05) is 6.07 Å². The fourth-order valence-electron chi connectivity index (χ4n) is 2.01. The summed E-state index contributed by atoms with van der Waals surface area (Å²) in [7, 11) is 0. The molecule has 0 spiro atoms. The number of benzene rings is 1. The molecule has 0 unspecified atom stereocenters. The number of rotatable bonds is 3. The molecule has 0 amide bonds. The van der Waals surface area contributed by atoms with Gasteiger partial charge in [-0.1, -0.05) is 6.07 Å². The summed E-state index contributed by atoms with van der Waals surface area (Å²) in [6.45, 7) is 6.39. The molecule has 0 saturated heterocycles. The molecule has 1 aromatic heterocycles. The first-order chi connectivity index (χ1) is 8.61. The molecule has 0 atom stereocenters. The summed E-state index contributed by atoms with van der Waals surface area (Å²) < 4.78 is 0. The van der Waals surface area contributed by atoms with Gasteiger partial charge in [-0.25, -0.2) is 9.97 Å². The first-order valence-corrected chi connectivity index (χ1v) is 6.13. The maximum Gasteiger partial charge on any atom is 0.131 e. The molecule has 0 aliphatic rings. The van der Waals surface area contributed by atoms with Crippen LogP contribution in [0.25, 0.3) is 11.3 Å². The molecule has 0 saturated carbocycles. The van der Waals surface area contributed by atoms with Gasteiger partial charge in [-0.2, -0.15) is 0 Å². The number of aliphatic hydroxyl groups excluding tert-OH is 1. The number of hydrogen-bond donors (Lipinski definition) is 1. The Hall–Kier alpha value is -1.74. The highest BCUT2D eigenvalue weighted by Gasteiger charge is 2.07.